The number of anilines is 1. The van der Waals surface area contributed by atoms with E-state index in [9.17, 15) is 4.79 Å². The Balaban J connectivity index is 1.60. The topological polar surface area (TPSA) is 68.5 Å². The number of nitrogens with zero attached hydrogens (tertiary/aromatic N) is 3. The highest BCUT2D eigenvalue weighted by Gasteiger charge is 2.05. The maximum atomic E-state index is 11.9. The van der Waals surface area contributed by atoms with Gasteiger partial charge in [0, 0.05) is 6.07 Å². The van der Waals surface area contributed by atoms with Gasteiger partial charge in [-0.15, -0.1) is 0 Å². The number of nitrogens with one attached hydrogen (secondary N) is 1. The van der Waals surface area contributed by atoms with Gasteiger partial charge in [-0.1, -0.05) is 12.1 Å². The van der Waals surface area contributed by atoms with Gasteiger partial charge in [0.2, 0.25) is 0 Å². The first kappa shape index (κ1) is 13.1. The number of fused-ring (bicyclic) bond motifs is 1. The summed E-state index contributed by atoms with van der Waals surface area (Å²) < 4.78 is 7.03. The van der Waals surface area contributed by atoms with Crippen LogP contribution in [0.15, 0.2) is 48.9 Å². The Bertz CT molecular complexity index is 782. The Labute approximate surface area is 121 Å². The molecule has 1 N–H and O–H groups in total. The number of amides is 1. The Hall–Kier alpha value is -2.89. The molecular formula is C15H14N4O2. The summed E-state index contributed by atoms with van der Waals surface area (Å²) in [5.41, 5.74) is 2.38. The lowest BCUT2D eigenvalue weighted by Gasteiger charge is -2.08. The van der Waals surface area contributed by atoms with Gasteiger partial charge in [-0.2, -0.15) is 5.10 Å². The minimum absolute atomic E-state index is 0.0550. The van der Waals surface area contributed by atoms with Crippen molar-refractivity contribution in [2.45, 2.75) is 6.92 Å². The molecule has 0 spiro atoms. The average molecular weight is 282 g/mol. The fourth-order valence-corrected chi connectivity index (χ4v) is 1.93. The van der Waals surface area contributed by atoms with Gasteiger partial charge in [-0.05, 0) is 24.6 Å². The van der Waals surface area contributed by atoms with Crippen LogP contribution in [0, 0.1) is 6.92 Å². The van der Waals surface area contributed by atoms with E-state index in [0.717, 1.165) is 11.2 Å². The molecule has 6 heteroatoms. The van der Waals surface area contributed by atoms with Gasteiger partial charge < -0.3 is 10.1 Å². The van der Waals surface area contributed by atoms with Crippen LogP contribution in [0.25, 0.3) is 5.65 Å². The summed E-state index contributed by atoms with van der Waals surface area (Å²) in [5.74, 6) is 0.426. The van der Waals surface area contributed by atoms with E-state index in [2.05, 4.69) is 15.4 Å². The van der Waals surface area contributed by atoms with Crippen LogP contribution < -0.4 is 10.1 Å². The van der Waals surface area contributed by atoms with Crippen LogP contribution in [0.2, 0.25) is 0 Å². The smallest absolute Gasteiger partial charge is 0.262 e. The quantitative estimate of drug-likeness (QED) is 0.795. The molecule has 0 saturated carbocycles. The molecule has 0 unspecified atom stereocenters. The van der Waals surface area contributed by atoms with Gasteiger partial charge in [0.15, 0.2) is 12.3 Å². The van der Waals surface area contributed by atoms with Crippen molar-refractivity contribution in [2.24, 2.45) is 0 Å². The van der Waals surface area contributed by atoms with Crippen LogP contribution in [-0.4, -0.2) is 27.1 Å². The average Bonchev–Trinajstić information content (AvgIpc) is 2.93. The number of carbonyl (C=O) groups excluding carboxylic acids is 1. The highest BCUT2D eigenvalue weighted by Crippen LogP contribution is 2.12. The van der Waals surface area contributed by atoms with Crippen molar-refractivity contribution in [3.63, 3.8) is 0 Å². The van der Waals surface area contributed by atoms with E-state index >= 15 is 0 Å². The molecule has 3 rings (SSSR count). The van der Waals surface area contributed by atoms with Crippen LogP contribution in [0.5, 0.6) is 5.75 Å². The summed E-state index contributed by atoms with van der Waals surface area (Å²) in [6.45, 7) is 1.92. The largest absolute Gasteiger partial charge is 0.484 e. The number of ether oxygens (including phenoxy) is 1. The van der Waals surface area contributed by atoms with E-state index in [4.69, 9.17) is 4.74 Å². The first-order chi connectivity index (χ1) is 10.2. The van der Waals surface area contributed by atoms with Crippen LogP contribution >= 0.6 is 0 Å². The molecule has 6 nitrogen and oxygen atoms in total. The van der Waals surface area contributed by atoms with Crippen molar-refractivity contribution in [3.05, 3.63) is 54.5 Å². The van der Waals surface area contributed by atoms with E-state index in [-0.39, 0.29) is 12.5 Å². The molecule has 1 aromatic carbocycles. The summed E-state index contributed by atoms with van der Waals surface area (Å²) >= 11 is 0. The Morgan fingerprint density at radius 3 is 3.14 bits per heavy atom. The number of benzene rings is 1. The molecule has 1 amide bonds. The monoisotopic (exact) mass is 282 g/mol. The molecule has 0 fully saturated rings. The molecule has 0 saturated heterocycles. The second-order valence-corrected chi connectivity index (χ2v) is 4.63. The van der Waals surface area contributed by atoms with Crippen molar-refractivity contribution >= 4 is 17.2 Å². The van der Waals surface area contributed by atoms with E-state index in [1.807, 2.05) is 31.2 Å². The number of rotatable bonds is 4. The fourth-order valence-electron chi connectivity index (χ4n) is 1.93. The lowest BCUT2D eigenvalue weighted by molar-refractivity contribution is -0.118. The predicted octanol–water partition coefficient (Wildman–Crippen LogP) is 2.06. The summed E-state index contributed by atoms with van der Waals surface area (Å²) in [5, 5.41) is 6.78. The maximum Gasteiger partial charge on any atom is 0.262 e. The lowest BCUT2D eigenvalue weighted by Crippen LogP contribution is -2.20. The number of aromatic nitrogens is 3. The van der Waals surface area contributed by atoms with Crippen molar-refractivity contribution < 1.29 is 9.53 Å². The van der Waals surface area contributed by atoms with Gasteiger partial charge in [-0.3, -0.25) is 4.79 Å². The van der Waals surface area contributed by atoms with Crippen LogP contribution in [0.1, 0.15) is 5.56 Å². The zero-order chi connectivity index (χ0) is 14.7. The number of hydrogen-bond donors (Lipinski definition) is 1. The Morgan fingerprint density at radius 1 is 1.38 bits per heavy atom. The molecule has 2 aromatic heterocycles. The molecular weight excluding hydrogens is 268 g/mol. The molecule has 21 heavy (non-hydrogen) atoms. The third-order valence-electron chi connectivity index (χ3n) is 2.89. The summed E-state index contributed by atoms with van der Waals surface area (Å²) in [4.78, 5) is 16.0. The summed E-state index contributed by atoms with van der Waals surface area (Å²) in [6, 6.07) is 9.34. The first-order valence-corrected chi connectivity index (χ1v) is 6.49. The minimum Gasteiger partial charge on any atom is -0.484 e. The SMILES string of the molecule is Cc1cccc(OCC(=O)Nc2cnc3ccnn3c2)c1. The number of carbonyl (C=O) groups is 1. The first-order valence-electron chi connectivity index (χ1n) is 6.49. The normalized spacial score (nSPS) is 10.5. The van der Waals surface area contributed by atoms with Gasteiger partial charge in [0.1, 0.15) is 5.75 Å². The van der Waals surface area contributed by atoms with Crippen LogP contribution in [0.3, 0.4) is 0 Å². The minimum atomic E-state index is -0.246. The Morgan fingerprint density at radius 2 is 2.29 bits per heavy atom. The molecule has 106 valence electrons. The molecule has 0 aliphatic heterocycles. The van der Waals surface area contributed by atoms with Crippen LogP contribution in [-0.2, 0) is 4.79 Å². The molecule has 0 radical (unpaired) electrons. The van der Waals surface area contributed by atoms with Gasteiger partial charge in [0.05, 0.1) is 24.3 Å². The van der Waals surface area contributed by atoms with Gasteiger partial charge >= 0.3 is 0 Å². The van der Waals surface area contributed by atoms with E-state index in [0.29, 0.717) is 11.4 Å². The predicted molar refractivity (Wildman–Crippen MR) is 78.3 cm³/mol. The third kappa shape index (κ3) is 3.17. The number of aryl methyl sites for hydroxylation is 1. The molecule has 0 aliphatic carbocycles. The molecule has 2 heterocycles. The highest BCUT2D eigenvalue weighted by molar-refractivity contribution is 5.91. The van der Waals surface area contributed by atoms with Crippen molar-refractivity contribution in [1.82, 2.24) is 14.6 Å². The van der Waals surface area contributed by atoms with Crippen LogP contribution in [0.4, 0.5) is 5.69 Å². The molecule has 0 atom stereocenters. The second kappa shape index (κ2) is 5.62. The Kier molecular flexibility index (Phi) is 3.51. The van der Waals surface area contributed by atoms with Gasteiger partial charge in [-0.25, -0.2) is 9.50 Å². The van der Waals surface area contributed by atoms with Crippen molar-refractivity contribution in [1.29, 1.82) is 0 Å². The molecule has 3 aromatic rings. The fraction of sp³-hybridized carbons (Fsp3) is 0.133. The zero-order valence-electron chi connectivity index (χ0n) is 11.5. The summed E-state index contributed by atoms with van der Waals surface area (Å²) in [7, 11) is 0. The zero-order valence-corrected chi connectivity index (χ0v) is 11.5. The maximum absolute atomic E-state index is 11.9. The van der Waals surface area contributed by atoms with E-state index in [1.54, 1.807) is 29.2 Å². The second-order valence-electron chi connectivity index (χ2n) is 4.63. The summed E-state index contributed by atoms with van der Waals surface area (Å²) in [6.07, 6.45) is 4.93. The standard InChI is InChI=1S/C15H14N4O2/c1-11-3-2-4-13(7-11)21-10-15(20)18-12-8-16-14-5-6-17-19(14)9-12/h2-9H,10H2,1H3,(H,18,20). The molecule has 0 bridgehead atoms. The van der Waals surface area contributed by atoms with E-state index < -0.39 is 0 Å². The van der Waals surface area contributed by atoms with Crippen molar-refractivity contribution in [2.75, 3.05) is 11.9 Å². The third-order valence-corrected chi connectivity index (χ3v) is 2.89. The number of hydrogen-bond acceptors (Lipinski definition) is 4. The highest BCUT2D eigenvalue weighted by atomic mass is 16.5. The van der Waals surface area contributed by atoms with Gasteiger partial charge in [0.25, 0.3) is 5.91 Å². The van der Waals surface area contributed by atoms with Crippen molar-refractivity contribution in [3.8, 4) is 5.75 Å². The van der Waals surface area contributed by atoms with E-state index in [1.165, 1.54) is 0 Å². The molecule has 0 aliphatic rings. The lowest BCUT2D eigenvalue weighted by atomic mass is 10.2.